The molecule has 2 aliphatic carbocycles. The van der Waals surface area contributed by atoms with Gasteiger partial charge in [-0.3, -0.25) is 19.5 Å². The van der Waals surface area contributed by atoms with Crippen molar-refractivity contribution in [2.24, 2.45) is 34.7 Å². The minimum atomic E-state index is -0.322. The summed E-state index contributed by atoms with van der Waals surface area (Å²) in [6.07, 6.45) is 4.00. The second-order valence-electron chi connectivity index (χ2n) is 8.88. The van der Waals surface area contributed by atoms with Crippen molar-refractivity contribution in [3.05, 3.63) is 53.9 Å². The van der Waals surface area contributed by atoms with Crippen LogP contribution < -0.4 is 9.47 Å². The lowest BCUT2D eigenvalue weighted by Gasteiger charge is -2.30. The standard InChI is InChI=1S/C24H23N3O5/c1-30-13-5-6-14(17(8-13)31-2)21-20-15-9-16(22(20)32-26-21)19-18(15)23(28)27(24(19)29)11-12-4-3-7-25-10-12/h3-8,10,15-16,18-20,22H,9,11H2,1-2H3/t15-,16+,18+,19-,20+,22+/m0/s1. The number of nitrogens with zero attached hydrogens (tertiary/aromatic N) is 3. The first-order chi connectivity index (χ1) is 15.6. The Balaban J connectivity index is 1.31. The van der Waals surface area contributed by atoms with Crippen molar-refractivity contribution in [2.75, 3.05) is 14.2 Å². The maximum Gasteiger partial charge on any atom is 0.233 e. The van der Waals surface area contributed by atoms with Crippen LogP contribution in [-0.2, 0) is 21.0 Å². The predicted octanol–water partition coefficient (Wildman–Crippen LogP) is 2.27. The fourth-order valence-corrected chi connectivity index (χ4v) is 6.25. The number of hydrogen-bond acceptors (Lipinski definition) is 7. The Labute approximate surface area is 185 Å². The highest BCUT2D eigenvalue weighted by atomic mass is 16.6. The van der Waals surface area contributed by atoms with E-state index in [0.29, 0.717) is 11.5 Å². The first-order valence-electron chi connectivity index (χ1n) is 10.8. The third kappa shape index (κ3) is 2.55. The third-order valence-corrected chi connectivity index (χ3v) is 7.53. The normalized spacial score (nSPS) is 31.9. The van der Waals surface area contributed by atoms with Crippen LogP contribution in [0.15, 0.2) is 47.9 Å². The topological polar surface area (TPSA) is 90.3 Å². The summed E-state index contributed by atoms with van der Waals surface area (Å²) in [4.78, 5) is 38.1. The Morgan fingerprint density at radius 1 is 1.06 bits per heavy atom. The lowest BCUT2D eigenvalue weighted by atomic mass is 9.71. The van der Waals surface area contributed by atoms with Gasteiger partial charge in [0.25, 0.3) is 0 Å². The van der Waals surface area contributed by atoms with Crippen LogP contribution >= 0.6 is 0 Å². The van der Waals surface area contributed by atoms with Gasteiger partial charge in [-0.25, -0.2) is 0 Å². The lowest BCUT2D eigenvalue weighted by molar-refractivity contribution is -0.141. The van der Waals surface area contributed by atoms with Crippen LogP contribution in [0.25, 0.3) is 0 Å². The maximum atomic E-state index is 13.4. The molecule has 1 saturated heterocycles. The fourth-order valence-electron chi connectivity index (χ4n) is 6.25. The molecule has 164 valence electrons. The minimum Gasteiger partial charge on any atom is -0.497 e. The molecule has 2 bridgehead atoms. The average Bonchev–Trinajstić information content (AvgIpc) is 3.56. The zero-order valence-corrected chi connectivity index (χ0v) is 17.8. The number of aromatic nitrogens is 1. The smallest absolute Gasteiger partial charge is 0.233 e. The molecule has 32 heavy (non-hydrogen) atoms. The van der Waals surface area contributed by atoms with E-state index < -0.39 is 0 Å². The molecule has 2 amide bonds. The van der Waals surface area contributed by atoms with E-state index in [1.54, 1.807) is 26.6 Å². The first kappa shape index (κ1) is 19.3. The molecule has 6 atom stereocenters. The number of carbonyl (C=O) groups excluding carboxylic acids is 2. The monoisotopic (exact) mass is 433 g/mol. The van der Waals surface area contributed by atoms with Crippen molar-refractivity contribution in [3.8, 4) is 11.5 Å². The van der Waals surface area contributed by atoms with E-state index in [-0.39, 0.29) is 54.1 Å². The highest BCUT2D eigenvalue weighted by molar-refractivity contribution is 6.09. The predicted molar refractivity (Wildman–Crippen MR) is 113 cm³/mol. The van der Waals surface area contributed by atoms with Gasteiger partial charge in [0, 0.05) is 35.9 Å². The molecule has 8 nitrogen and oxygen atoms in total. The Bertz CT molecular complexity index is 1130. The van der Waals surface area contributed by atoms with Gasteiger partial charge in [-0.1, -0.05) is 11.2 Å². The number of pyridine rings is 1. The largest absolute Gasteiger partial charge is 0.497 e. The number of fused-ring (bicyclic) bond motifs is 8. The van der Waals surface area contributed by atoms with Gasteiger partial charge in [0.2, 0.25) is 11.8 Å². The second kappa shape index (κ2) is 7.05. The van der Waals surface area contributed by atoms with Crippen LogP contribution in [0.1, 0.15) is 17.5 Å². The number of rotatable bonds is 5. The van der Waals surface area contributed by atoms with Crippen LogP contribution in [0.5, 0.6) is 11.5 Å². The highest BCUT2D eigenvalue weighted by Crippen LogP contribution is 2.62. The van der Waals surface area contributed by atoms with Crippen molar-refractivity contribution in [2.45, 2.75) is 19.1 Å². The van der Waals surface area contributed by atoms with E-state index in [1.807, 2.05) is 30.3 Å². The first-order valence-corrected chi connectivity index (χ1v) is 10.8. The fraction of sp³-hybridized carbons (Fsp3) is 0.417. The average molecular weight is 433 g/mol. The third-order valence-electron chi connectivity index (χ3n) is 7.53. The number of carbonyl (C=O) groups is 2. The van der Waals surface area contributed by atoms with Crippen LogP contribution in [-0.4, -0.2) is 47.7 Å². The number of amides is 2. The summed E-state index contributed by atoms with van der Waals surface area (Å²) >= 11 is 0. The van der Waals surface area contributed by atoms with Gasteiger partial charge < -0.3 is 14.3 Å². The molecule has 1 aromatic carbocycles. The quantitative estimate of drug-likeness (QED) is 0.672. The van der Waals surface area contributed by atoms with E-state index in [9.17, 15) is 9.59 Å². The zero-order chi connectivity index (χ0) is 22.0. The molecular weight excluding hydrogens is 410 g/mol. The minimum absolute atomic E-state index is 0.00385. The summed E-state index contributed by atoms with van der Waals surface area (Å²) in [6.45, 7) is 0.265. The zero-order valence-electron chi connectivity index (χ0n) is 17.8. The summed E-state index contributed by atoms with van der Waals surface area (Å²) in [5, 5.41) is 4.41. The van der Waals surface area contributed by atoms with Gasteiger partial charge >= 0.3 is 0 Å². The van der Waals surface area contributed by atoms with Crippen LogP contribution in [0, 0.1) is 29.6 Å². The van der Waals surface area contributed by atoms with E-state index >= 15 is 0 Å². The molecule has 1 aromatic heterocycles. The van der Waals surface area contributed by atoms with Crippen molar-refractivity contribution < 1.29 is 23.9 Å². The molecule has 3 heterocycles. The molecule has 2 saturated carbocycles. The van der Waals surface area contributed by atoms with Crippen molar-refractivity contribution in [1.29, 1.82) is 0 Å². The van der Waals surface area contributed by atoms with E-state index in [0.717, 1.165) is 23.3 Å². The molecule has 2 aromatic rings. The van der Waals surface area contributed by atoms with Crippen molar-refractivity contribution in [1.82, 2.24) is 9.88 Å². The Morgan fingerprint density at radius 3 is 2.59 bits per heavy atom. The molecule has 0 N–H and O–H groups in total. The highest BCUT2D eigenvalue weighted by Gasteiger charge is 2.70. The van der Waals surface area contributed by atoms with Crippen LogP contribution in [0.4, 0.5) is 0 Å². The maximum absolute atomic E-state index is 13.4. The van der Waals surface area contributed by atoms with E-state index in [1.165, 1.54) is 4.90 Å². The summed E-state index contributed by atoms with van der Waals surface area (Å²) in [5.74, 6) is 0.528. The molecule has 2 aliphatic heterocycles. The second-order valence-corrected chi connectivity index (χ2v) is 8.88. The van der Waals surface area contributed by atoms with Crippen LogP contribution in [0.2, 0.25) is 0 Å². The van der Waals surface area contributed by atoms with Crippen molar-refractivity contribution >= 4 is 17.5 Å². The molecule has 0 unspecified atom stereocenters. The Morgan fingerprint density at radius 2 is 1.88 bits per heavy atom. The van der Waals surface area contributed by atoms with Gasteiger partial charge in [0.05, 0.1) is 38.3 Å². The molecule has 8 heteroatoms. The summed E-state index contributed by atoms with van der Waals surface area (Å²) in [6, 6.07) is 9.30. The van der Waals surface area contributed by atoms with Crippen LogP contribution in [0.3, 0.4) is 0 Å². The molecule has 3 fully saturated rings. The van der Waals surface area contributed by atoms with Gasteiger partial charge in [0.15, 0.2) is 0 Å². The van der Waals surface area contributed by atoms with E-state index in [4.69, 9.17) is 14.3 Å². The molecule has 4 aliphatic rings. The summed E-state index contributed by atoms with van der Waals surface area (Å²) in [7, 11) is 3.22. The van der Waals surface area contributed by atoms with Gasteiger partial charge in [0.1, 0.15) is 17.6 Å². The lowest BCUT2D eigenvalue weighted by Crippen LogP contribution is -2.41. The molecule has 6 rings (SSSR count). The van der Waals surface area contributed by atoms with Gasteiger partial charge in [-0.15, -0.1) is 0 Å². The van der Waals surface area contributed by atoms with E-state index in [2.05, 4.69) is 10.1 Å². The summed E-state index contributed by atoms with van der Waals surface area (Å²) < 4.78 is 10.9. The Kier molecular flexibility index (Phi) is 4.25. The number of ether oxygens (including phenoxy) is 2. The number of likely N-dealkylation sites (tertiary alicyclic amines) is 1. The Hall–Kier alpha value is -3.42. The summed E-state index contributed by atoms with van der Waals surface area (Å²) in [5.41, 5.74) is 2.49. The molecule has 0 radical (unpaired) electrons. The number of methoxy groups -OCH3 is 2. The molecular formula is C24H23N3O5. The number of oxime groups is 1. The van der Waals surface area contributed by atoms with Gasteiger partial charge in [-0.05, 0) is 36.1 Å². The number of imide groups is 1. The molecule has 0 spiro atoms. The number of hydrogen-bond donors (Lipinski definition) is 0. The van der Waals surface area contributed by atoms with Crippen molar-refractivity contribution in [3.63, 3.8) is 0 Å². The SMILES string of the molecule is COc1ccc(C2=NO[C@@H]3[C@@H]4C[C@@H]([C@H]5C(=O)N(Cc6cccnc6)C(=O)[C@@H]45)[C@H]23)c(OC)c1. The van der Waals surface area contributed by atoms with Gasteiger partial charge in [-0.2, -0.15) is 0 Å². The number of benzene rings is 1.